The normalized spacial score (nSPS) is 15.7. The maximum absolute atomic E-state index is 12.0. The van der Waals surface area contributed by atoms with Crippen LogP contribution in [-0.2, 0) is 4.79 Å². The van der Waals surface area contributed by atoms with Gasteiger partial charge < -0.3 is 4.90 Å². The van der Waals surface area contributed by atoms with Gasteiger partial charge in [0, 0.05) is 13.6 Å². The van der Waals surface area contributed by atoms with Crippen LogP contribution in [0.3, 0.4) is 0 Å². The Bertz CT molecular complexity index is 430. The van der Waals surface area contributed by atoms with Crippen LogP contribution >= 0.6 is 11.8 Å². The average molecular weight is 297 g/mol. The van der Waals surface area contributed by atoms with Crippen LogP contribution in [0.25, 0.3) is 0 Å². The van der Waals surface area contributed by atoms with E-state index in [0.717, 1.165) is 37.4 Å². The molecule has 7 heteroatoms. The molecule has 1 amide bonds. The lowest BCUT2D eigenvalue weighted by molar-refractivity contribution is -0.127. The van der Waals surface area contributed by atoms with E-state index < -0.39 is 0 Å². The molecule has 20 heavy (non-hydrogen) atoms. The fourth-order valence-corrected chi connectivity index (χ4v) is 3.30. The number of aromatic nitrogens is 4. The standard InChI is InChI=1S/C13H23N5OS/c1-3-4-9-17(2)12(19)10-20-13-14-15-16-18(13)11-7-5-6-8-11/h11H,3-10H2,1-2H3. The number of thioether (sulfide) groups is 1. The van der Waals surface area contributed by atoms with Crippen molar-refractivity contribution in [2.24, 2.45) is 0 Å². The van der Waals surface area contributed by atoms with Crippen molar-refractivity contribution in [1.29, 1.82) is 0 Å². The Labute approximate surface area is 124 Å². The van der Waals surface area contributed by atoms with Crippen LogP contribution in [0.15, 0.2) is 5.16 Å². The van der Waals surface area contributed by atoms with Gasteiger partial charge in [0.1, 0.15) is 0 Å². The topological polar surface area (TPSA) is 63.9 Å². The Morgan fingerprint density at radius 3 is 2.90 bits per heavy atom. The van der Waals surface area contributed by atoms with E-state index in [0.29, 0.717) is 11.8 Å². The van der Waals surface area contributed by atoms with Gasteiger partial charge in [-0.25, -0.2) is 4.68 Å². The third-order valence-corrected chi connectivity index (χ3v) is 4.65. The van der Waals surface area contributed by atoms with E-state index in [1.165, 1.54) is 24.6 Å². The lowest BCUT2D eigenvalue weighted by Crippen LogP contribution is -2.29. The largest absolute Gasteiger partial charge is 0.345 e. The second-order valence-corrected chi connectivity index (χ2v) is 6.24. The van der Waals surface area contributed by atoms with Gasteiger partial charge in [0.2, 0.25) is 11.1 Å². The summed E-state index contributed by atoms with van der Waals surface area (Å²) in [6, 6.07) is 0.417. The van der Waals surface area contributed by atoms with E-state index in [9.17, 15) is 4.79 Å². The summed E-state index contributed by atoms with van der Waals surface area (Å²) in [5, 5.41) is 12.7. The highest BCUT2D eigenvalue weighted by atomic mass is 32.2. The van der Waals surface area contributed by atoms with E-state index in [1.807, 2.05) is 11.7 Å². The highest BCUT2D eigenvalue weighted by Gasteiger charge is 2.22. The molecule has 1 fully saturated rings. The molecule has 2 rings (SSSR count). The van der Waals surface area contributed by atoms with Crippen LogP contribution in [0.1, 0.15) is 51.5 Å². The SMILES string of the molecule is CCCCN(C)C(=O)CSc1nnnn1C1CCCC1. The molecule has 1 aromatic rings. The van der Waals surface area contributed by atoms with Gasteiger partial charge in [-0.2, -0.15) is 0 Å². The maximum atomic E-state index is 12.0. The minimum Gasteiger partial charge on any atom is -0.345 e. The maximum Gasteiger partial charge on any atom is 0.232 e. The van der Waals surface area contributed by atoms with Crippen molar-refractivity contribution in [3.63, 3.8) is 0 Å². The molecule has 112 valence electrons. The first-order valence-corrected chi connectivity index (χ1v) is 8.35. The molecular weight excluding hydrogens is 274 g/mol. The van der Waals surface area contributed by atoms with Crippen LogP contribution < -0.4 is 0 Å². The fourth-order valence-electron chi connectivity index (χ4n) is 2.41. The van der Waals surface area contributed by atoms with E-state index in [2.05, 4.69) is 22.4 Å². The second-order valence-electron chi connectivity index (χ2n) is 5.30. The van der Waals surface area contributed by atoms with Gasteiger partial charge in [-0.1, -0.05) is 37.9 Å². The molecule has 0 aromatic carbocycles. The van der Waals surface area contributed by atoms with E-state index >= 15 is 0 Å². The first-order chi connectivity index (χ1) is 9.72. The fraction of sp³-hybridized carbons (Fsp3) is 0.846. The third kappa shape index (κ3) is 3.94. The lowest BCUT2D eigenvalue weighted by Gasteiger charge is -2.16. The molecule has 0 N–H and O–H groups in total. The van der Waals surface area contributed by atoms with Crippen molar-refractivity contribution in [3.8, 4) is 0 Å². The predicted octanol–water partition coefficient (Wildman–Crippen LogP) is 2.14. The summed E-state index contributed by atoms with van der Waals surface area (Å²) in [5.41, 5.74) is 0. The molecule has 1 aliphatic carbocycles. The third-order valence-electron chi connectivity index (χ3n) is 3.73. The molecule has 0 spiro atoms. The van der Waals surface area contributed by atoms with E-state index in [4.69, 9.17) is 0 Å². The van der Waals surface area contributed by atoms with Gasteiger partial charge in [0.05, 0.1) is 11.8 Å². The molecule has 0 bridgehead atoms. The zero-order valence-corrected chi connectivity index (χ0v) is 13.1. The number of tetrazole rings is 1. The number of hydrogen-bond acceptors (Lipinski definition) is 5. The smallest absolute Gasteiger partial charge is 0.232 e. The lowest BCUT2D eigenvalue weighted by atomic mass is 10.3. The van der Waals surface area contributed by atoms with Gasteiger partial charge >= 0.3 is 0 Å². The Balaban J connectivity index is 1.84. The molecule has 1 aromatic heterocycles. The number of nitrogens with zero attached hydrogens (tertiary/aromatic N) is 5. The molecule has 1 aliphatic rings. The predicted molar refractivity (Wildman–Crippen MR) is 78.6 cm³/mol. The Morgan fingerprint density at radius 2 is 2.20 bits per heavy atom. The van der Waals surface area contributed by atoms with Crippen molar-refractivity contribution in [2.75, 3.05) is 19.3 Å². The average Bonchev–Trinajstić information content (AvgIpc) is 3.11. The zero-order chi connectivity index (χ0) is 14.4. The highest BCUT2D eigenvalue weighted by molar-refractivity contribution is 7.99. The molecule has 0 radical (unpaired) electrons. The number of rotatable bonds is 7. The molecule has 0 unspecified atom stereocenters. The van der Waals surface area contributed by atoms with Crippen LogP contribution in [0.5, 0.6) is 0 Å². The summed E-state index contributed by atoms with van der Waals surface area (Å²) in [6.45, 7) is 2.95. The summed E-state index contributed by atoms with van der Waals surface area (Å²) in [5.74, 6) is 0.553. The number of unbranched alkanes of at least 4 members (excludes halogenated alkanes) is 1. The van der Waals surface area contributed by atoms with Crippen LogP contribution in [0, 0.1) is 0 Å². The monoisotopic (exact) mass is 297 g/mol. The molecular formula is C13H23N5OS. The first-order valence-electron chi connectivity index (χ1n) is 7.37. The summed E-state index contributed by atoms with van der Waals surface area (Å²) in [6.07, 6.45) is 6.92. The van der Waals surface area contributed by atoms with Crippen molar-refractivity contribution in [3.05, 3.63) is 0 Å². The Hall–Kier alpha value is -1.11. The van der Waals surface area contributed by atoms with Crippen molar-refractivity contribution in [1.82, 2.24) is 25.1 Å². The zero-order valence-electron chi connectivity index (χ0n) is 12.3. The van der Waals surface area contributed by atoms with E-state index in [-0.39, 0.29) is 5.91 Å². The first kappa shape index (κ1) is 15.3. The van der Waals surface area contributed by atoms with Crippen molar-refractivity contribution < 1.29 is 4.79 Å². The van der Waals surface area contributed by atoms with Crippen LogP contribution in [0.4, 0.5) is 0 Å². The summed E-state index contributed by atoms with van der Waals surface area (Å²) in [4.78, 5) is 13.8. The number of amides is 1. The van der Waals surface area contributed by atoms with Gasteiger partial charge in [0.25, 0.3) is 0 Å². The van der Waals surface area contributed by atoms with Gasteiger partial charge in [0.15, 0.2) is 0 Å². The summed E-state index contributed by atoms with van der Waals surface area (Å²) in [7, 11) is 1.86. The minimum atomic E-state index is 0.143. The molecule has 0 atom stereocenters. The molecule has 0 saturated heterocycles. The summed E-state index contributed by atoms with van der Waals surface area (Å²) >= 11 is 1.45. The van der Waals surface area contributed by atoms with Crippen molar-refractivity contribution in [2.45, 2.75) is 56.6 Å². The molecule has 1 saturated carbocycles. The van der Waals surface area contributed by atoms with Gasteiger partial charge in [-0.15, -0.1) is 5.10 Å². The van der Waals surface area contributed by atoms with Crippen molar-refractivity contribution >= 4 is 17.7 Å². The minimum absolute atomic E-state index is 0.143. The number of carbonyl (C=O) groups is 1. The van der Waals surface area contributed by atoms with E-state index in [1.54, 1.807) is 4.90 Å². The van der Waals surface area contributed by atoms with Gasteiger partial charge in [-0.3, -0.25) is 4.79 Å². The van der Waals surface area contributed by atoms with Crippen LogP contribution in [0.2, 0.25) is 0 Å². The highest BCUT2D eigenvalue weighted by Crippen LogP contribution is 2.31. The number of carbonyl (C=O) groups excluding carboxylic acids is 1. The number of hydrogen-bond donors (Lipinski definition) is 0. The summed E-state index contributed by atoms with van der Waals surface area (Å²) < 4.78 is 1.90. The van der Waals surface area contributed by atoms with Crippen LogP contribution in [-0.4, -0.2) is 50.4 Å². The quantitative estimate of drug-likeness (QED) is 0.721. The molecule has 1 heterocycles. The Kier molecular flexibility index (Phi) is 5.82. The second kappa shape index (κ2) is 7.61. The molecule has 0 aliphatic heterocycles. The van der Waals surface area contributed by atoms with Gasteiger partial charge in [-0.05, 0) is 29.7 Å². The molecule has 6 nitrogen and oxygen atoms in total. The Morgan fingerprint density at radius 1 is 1.45 bits per heavy atom.